The van der Waals surface area contributed by atoms with Gasteiger partial charge in [0.25, 0.3) is 0 Å². The van der Waals surface area contributed by atoms with Gasteiger partial charge in [0.2, 0.25) is 0 Å². The fourth-order valence-electron chi connectivity index (χ4n) is 1.81. The normalized spacial score (nSPS) is 10.5. The second-order valence-electron chi connectivity index (χ2n) is 4.10. The minimum absolute atomic E-state index is 0.323. The third kappa shape index (κ3) is 3.21. The number of aryl methyl sites for hydroxylation is 1. The number of halogens is 1. The number of methoxy groups -OCH3 is 1. The molecule has 0 amide bonds. The zero-order chi connectivity index (χ0) is 13.7. The molecule has 0 aliphatic rings. The Morgan fingerprint density at radius 3 is 3.00 bits per heavy atom. The molecule has 5 nitrogen and oxygen atoms in total. The predicted octanol–water partition coefficient (Wildman–Crippen LogP) is 2.45. The van der Waals surface area contributed by atoms with Gasteiger partial charge < -0.3 is 10.1 Å². The second-order valence-corrected chi connectivity index (χ2v) is 4.10. The Kier molecular flexibility index (Phi) is 4.33. The van der Waals surface area contributed by atoms with Crippen LogP contribution in [0.15, 0.2) is 24.5 Å². The third-order valence-electron chi connectivity index (χ3n) is 2.73. The van der Waals surface area contributed by atoms with Crippen LogP contribution in [-0.4, -0.2) is 21.9 Å². The monoisotopic (exact) mass is 264 g/mol. The molecule has 0 fully saturated rings. The van der Waals surface area contributed by atoms with Crippen molar-refractivity contribution in [3.8, 4) is 5.75 Å². The highest BCUT2D eigenvalue weighted by atomic mass is 19.1. The maximum atomic E-state index is 13.1. The molecule has 0 spiro atoms. The summed E-state index contributed by atoms with van der Waals surface area (Å²) in [6, 6.07) is 4.38. The molecule has 1 heterocycles. The minimum Gasteiger partial charge on any atom is -0.494 e. The minimum atomic E-state index is -0.323. The Labute approximate surface area is 111 Å². The summed E-state index contributed by atoms with van der Waals surface area (Å²) >= 11 is 0. The quantitative estimate of drug-likeness (QED) is 0.870. The zero-order valence-electron chi connectivity index (χ0n) is 11.1. The first-order valence-electron chi connectivity index (χ1n) is 6.18. The van der Waals surface area contributed by atoms with Crippen LogP contribution in [0.4, 0.5) is 10.1 Å². The molecule has 0 radical (unpaired) electrons. The Bertz CT molecular complexity index is 541. The van der Waals surface area contributed by atoms with E-state index in [2.05, 4.69) is 22.3 Å². The van der Waals surface area contributed by atoms with Gasteiger partial charge in [0.05, 0.1) is 19.3 Å². The standard InChI is InChI=1S/C13H17FN4O/c1-3-6-18-13(16-9-17-18)8-15-11-5-4-10(14)7-12(11)19-2/h4-5,7,9,15H,3,6,8H2,1-2H3. The van der Waals surface area contributed by atoms with Gasteiger partial charge in [-0.05, 0) is 18.6 Å². The molecule has 1 aromatic heterocycles. The molecule has 1 aromatic carbocycles. The van der Waals surface area contributed by atoms with Gasteiger partial charge in [-0.2, -0.15) is 5.10 Å². The molecule has 0 bridgehead atoms. The van der Waals surface area contributed by atoms with Gasteiger partial charge in [-0.3, -0.25) is 0 Å². The molecular formula is C13H17FN4O. The summed E-state index contributed by atoms with van der Waals surface area (Å²) < 4.78 is 20.1. The van der Waals surface area contributed by atoms with Crippen LogP contribution >= 0.6 is 0 Å². The van der Waals surface area contributed by atoms with E-state index in [0.717, 1.165) is 24.5 Å². The Morgan fingerprint density at radius 2 is 2.26 bits per heavy atom. The Morgan fingerprint density at radius 1 is 1.42 bits per heavy atom. The molecule has 102 valence electrons. The van der Waals surface area contributed by atoms with Crippen LogP contribution in [0.25, 0.3) is 0 Å². The highest BCUT2D eigenvalue weighted by molar-refractivity contribution is 5.56. The van der Waals surface area contributed by atoms with Crippen LogP contribution in [-0.2, 0) is 13.1 Å². The number of benzene rings is 1. The van der Waals surface area contributed by atoms with Crippen LogP contribution in [0.1, 0.15) is 19.2 Å². The summed E-state index contributed by atoms with van der Waals surface area (Å²) in [6.45, 7) is 3.43. The van der Waals surface area contributed by atoms with Gasteiger partial charge in [0.1, 0.15) is 23.7 Å². The molecule has 0 saturated heterocycles. The van der Waals surface area contributed by atoms with E-state index in [0.29, 0.717) is 12.3 Å². The molecule has 0 aliphatic carbocycles. The van der Waals surface area contributed by atoms with Crippen molar-refractivity contribution in [2.24, 2.45) is 0 Å². The topological polar surface area (TPSA) is 52.0 Å². The molecule has 0 saturated carbocycles. The van der Waals surface area contributed by atoms with Gasteiger partial charge >= 0.3 is 0 Å². The van der Waals surface area contributed by atoms with E-state index in [4.69, 9.17) is 4.74 Å². The van der Waals surface area contributed by atoms with Crippen molar-refractivity contribution in [1.82, 2.24) is 14.8 Å². The molecule has 2 aromatic rings. The number of rotatable bonds is 6. The summed E-state index contributed by atoms with van der Waals surface area (Å²) in [6.07, 6.45) is 2.53. The Balaban J connectivity index is 2.07. The SMILES string of the molecule is CCCn1ncnc1CNc1ccc(F)cc1OC. The number of nitrogens with zero attached hydrogens (tertiary/aromatic N) is 3. The third-order valence-corrected chi connectivity index (χ3v) is 2.73. The zero-order valence-corrected chi connectivity index (χ0v) is 11.1. The maximum absolute atomic E-state index is 13.1. The number of aromatic nitrogens is 3. The summed E-state index contributed by atoms with van der Waals surface area (Å²) in [7, 11) is 1.51. The van der Waals surface area contributed by atoms with Crippen LogP contribution in [0.5, 0.6) is 5.75 Å². The van der Waals surface area contributed by atoms with Crippen molar-refractivity contribution in [3.63, 3.8) is 0 Å². The summed E-state index contributed by atoms with van der Waals surface area (Å²) in [5.41, 5.74) is 0.731. The summed E-state index contributed by atoms with van der Waals surface area (Å²) in [5.74, 6) is 0.992. The van der Waals surface area contributed by atoms with Gasteiger partial charge in [0, 0.05) is 12.6 Å². The smallest absolute Gasteiger partial charge is 0.146 e. The number of hydrogen-bond donors (Lipinski definition) is 1. The van der Waals surface area contributed by atoms with Crippen LogP contribution < -0.4 is 10.1 Å². The van der Waals surface area contributed by atoms with Gasteiger partial charge in [-0.25, -0.2) is 14.1 Å². The van der Waals surface area contributed by atoms with Crippen molar-refractivity contribution in [3.05, 3.63) is 36.2 Å². The molecule has 0 unspecified atom stereocenters. The molecule has 6 heteroatoms. The average Bonchev–Trinajstić information content (AvgIpc) is 2.85. The Hall–Kier alpha value is -2.11. The van der Waals surface area contributed by atoms with E-state index in [9.17, 15) is 4.39 Å². The summed E-state index contributed by atoms with van der Waals surface area (Å²) in [5, 5.41) is 7.33. The molecule has 0 atom stereocenters. The molecule has 1 N–H and O–H groups in total. The van der Waals surface area contributed by atoms with Crippen LogP contribution in [0.3, 0.4) is 0 Å². The average molecular weight is 264 g/mol. The number of anilines is 1. The first kappa shape index (κ1) is 13.3. The van der Waals surface area contributed by atoms with E-state index >= 15 is 0 Å². The first-order chi connectivity index (χ1) is 9.24. The second kappa shape index (κ2) is 6.17. The van der Waals surface area contributed by atoms with E-state index in [1.165, 1.54) is 25.6 Å². The number of hydrogen-bond acceptors (Lipinski definition) is 4. The maximum Gasteiger partial charge on any atom is 0.146 e. The van der Waals surface area contributed by atoms with Gasteiger partial charge in [-0.1, -0.05) is 6.92 Å². The number of nitrogens with one attached hydrogen (secondary N) is 1. The van der Waals surface area contributed by atoms with Crippen molar-refractivity contribution in [2.45, 2.75) is 26.4 Å². The van der Waals surface area contributed by atoms with Crippen molar-refractivity contribution in [2.75, 3.05) is 12.4 Å². The molecule has 19 heavy (non-hydrogen) atoms. The highest BCUT2D eigenvalue weighted by Gasteiger charge is 2.07. The summed E-state index contributed by atoms with van der Waals surface area (Å²) in [4.78, 5) is 4.20. The van der Waals surface area contributed by atoms with Crippen LogP contribution in [0, 0.1) is 5.82 Å². The molecule has 2 rings (SSSR count). The van der Waals surface area contributed by atoms with Crippen molar-refractivity contribution >= 4 is 5.69 Å². The van der Waals surface area contributed by atoms with E-state index in [1.807, 2.05) is 4.68 Å². The lowest BCUT2D eigenvalue weighted by Crippen LogP contribution is -2.10. The highest BCUT2D eigenvalue weighted by Crippen LogP contribution is 2.25. The predicted molar refractivity (Wildman–Crippen MR) is 70.6 cm³/mol. The fourth-order valence-corrected chi connectivity index (χ4v) is 1.81. The van der Waals surface area contributed by atoms with E-state index in [1.54, 1.807) is 6.07 Å². The largest absolute Gasteiger partial charge is 0.494 e. The van der Waals surface area contributed by atoms with Crippen LogP contribution in [0.2, 0.25) is 0 Å². The van der Waals surface area contributed by atoms with E-state index < -0.39 is 0 Å². The molecule has 0 aliphatic heterocycles. The van der Waals surface area contributed by atoms with Crippen molar-refractivity contribution < 1.29 is 9.13 Å². The number of ether oxygens (including phenoxy) is 1. The van der Waals surface area contributed by atoms with Crippen molar-refractivity contribution in [1.29, 1.82) is 0 Å². The molecular weight excluding hydrogens is 247 g/mol. The van der Waals surface area contributed by atoms with Gasteiger partial charge in [0.15, 0.2) is 0 Å². The van der Waals surface area contributed by atoms with Gasteiger partial charge in [-0.15, -0.1) is 0 Å². The lowest BCUT2D eigenvalue weighted by atomic mass is 10.3. The van der Waals surface area contributed by atoms with E-state index in [-0.39, 0.29) is 5.82 Å². The fraction of sp³-hybridized carbons (Fsp3) is 0.385. The first-order valence-corrected chi connectivity index (χ1v) is 6.18. The lowest BCUT2D eigenvalue weighted by molar-refractivity contribution is 0.413. The lowest BCUT2D eigenvalue weighted by Gasteiger charge is -2.11.